The Kier molecular flexibility index (Phi) is 5.69. The molecule has 0 radical (unpaired) electrons. The third-order valence-corrected chi connectivity index (χ3v) is 3.46. The van der Waals surface area contributed by atoms with Gasteiger partial charge in [0.25, 0.3) is 0 Å². The number of hydrogen-bond acceptors (Lipinski definition) is 2. The van der Waals surface area contributed by atoms with Crippen molar-refractivity contribution in [2.24, 2.45) is 5.73 Å². The molecule has 4 heteroatoms. The summed E-state index contributed by atoms with van der Waals surface area (Å²) in [7, 11) is 1.90. The van der Waals surface area contributed by atoms with E-state index >= 15 is 0 Å². The zero-order valence-electron chi connectivity index (χ0n) is 11.3. The van der Waals surface area contributed by atoms with Crippen LogP contribution in [0, 0.1) is 11.6 Å². The Hall–Kier alpha value is -1.00. The van der Waals surface area contributed by atoms with Gasteiger partial charge in [-0.3, -0.25) is 4.90 Å². The van der Waals surface area contributed by atoms with Crippen molar-refractivity contribution >= 4 is 0 Å². The van der Waals surface area contributed by atoms with E-state index in [1.807, 2.05) is 11.9 Å². The van der Waals surface area contributed by atoms with Gasteiger partial charge in [0, 0.05) is 24.2 Å². The third-order valence-electron chi connectivity index (χ3n) is 3.46. The highest BCUT2D eigenvalue weighted by Crippen LogP contribution is 2.25. The van der Waals surface area contributed by atoms with Crippen LogP contribution >= 0.6 is 0 Å². The second-order valence-corrected chi connectivity index (χ2v) is 4.70. The molecule has 1 aromatic rings. The fourth-order valence-electron chi connectivity index (χ4n) is 2.22. The van der Waals surface area contributed by atoms with Crippen LogP contribution in [0.5, 0.6) is 0 Å². The molecule has 0 saturated carbocycles. The van der Waals surface area contributed by atoms with Crippen molar-refractivity contribution in [1.82, 2.24) is 4.90 Å². The van der Waals surface area contributed by atoms with Gasteiger partial charge in [0.05, 0.1) is 0 Å². The number of halogens is 2. The lowest BCUT2D eigenvalue weighted by atomic mass is 10.0. The molecule has 1 aromatic carbocycles. The second-order valence-electron chi connectivity index (χ2n) is 4.70. The maximum Gasteiger partial charge on any atom is 0.163 e. The van der Waals surface area contributed by atoms with E-state index in [0.29, 0.717) is 5.56 Å². The van der Waals surface area contributed by atoms with Crippen LogP contribution in [-0.4, -0.2) is 24.5 Å². The van der Waals surface area contributed by atoms with E-state index in [-0.39, 0.29) is 18.6 Å². The van der Waals surface area contributed by atoms with Crippen molar-refractivity contribution in [3.63, 3.8) is 0 Å². The van der Waals surface area contributed by atoms with Crippen LogP contribution in [0.15, 0.2) is 18.2 Å². The number of nitrogens with zero attached hydrogens (tertiary/aromatic N) is 1. The highest BCUT2D eigenvalue weighted by atomic mass is 19.2. The minimum Gasteiger partial charge on any atom is -0.329 e. The van der Waals surface area contributed by atoms with Gasteiger partial charge in [-0.25, -0.2) is 8.78 Å². The van der Waals surface area contributed by atoms with Gasteiger partial charge in [-0.2, -0.15) is 0 Å². The molecule has 0 amide bonds. The van der Waals surface area contributed by atoms with Crippen molar-refractivity contribution in [3.8, 4) is 0 Å². The molecule has 0 bridgehead atoms. The van der Waals surface area contributed by atoms with Crippen molar-refractivity contribution in [2.45, 2.75) is 38.8 Å². The van der Waals surface area contributed by atoms with Crippen LogP contribution in [0.25, 0.3) is 0 Å². The fraction of sp³-hybridized carbons (Fsp3) is 0.571. The molecule has 0 saturated heterocycles. The SMILES string of the molecule is CCCC(C)N(C)C(CN)c1cccc(F)c1F. The summed E-state index contributed by atoms with van der Waals surface area (Å²) in [6.07, 6.45) is 2.05. The molecule has 1 rings (SSSR count). The van der Waals surface area contributed by atoms with Crippen molar-refractivity contribution < 1.29 is 8.78 Å². The summed E-state index contributed by atoms with van der Waals surface area (Å²) >= 11 is 0. The summed E-state index contributed by atoms with van der Waals surface area (Å²) in [5.74, 6) is -1.61. The molecule has 2 nitrogen and oxygen atoms in total. The van der Waals surface area contributed by atoms with Gasteiger partial charge in [0.2, 0.25) is 0 Å². The first-order valence-corrected chi connectivity index (χ1v) is 6.38. The van der Waals surface area contributed by atoms with E-state index in [4.69, 9.17) is 5.73 Å². The Labute approximate surface area is 108 Å². The standard InChI is InChI=1S/C14H22F2N2/c1-4-6-10(2)18(3)13(9-17)11-7-5-8-12(15)14(11)16/h5,7-8,10,13H,4,6,9,17H2,1-3H3. The fourth-order valence-corrected chi connectivity index (χ4v) is 2.22. The van der Waals surface area contributed by atoms with E-state index in [9.17, 15) is 8.78 Å². The number of rotatable bonds is 6. The lowest BCUT2D eigenvalue weighted by Gasteiger charge is -2.33. The molecule has 102 valence electrons. The Morgan fingerprint density at radius 2 is 2.00 bits per heavy atom. The topological polar surface area (TPSA) is 29.3 Å². The first-order chi connectivity index (χ1) is 8.52. The predicted molar refractivity (Wildman–Crippen MR) is 70.3 cm³/mol. The number of likely N-dealkylation sites (N-methyl/N-ethyl adjacent to an activating group) is 1. The van der Waals surface area contributed by atoms with Gasteiger partial charge < -0.3 is 5.73 Å². The summed E-state index contributed by atoms with van der Waals surface area (Å²) in [5, 5.41) is 0. The Bertz CT molecular complexity index is 382. The lowest BCUT2D eigenvalue weighted by Crippen LogP contribution is -2.37. The first-order valence-electron chi connectivity index (χ1n) is 6.38. The van der Waals surface area contributed by atoms with E-state index in [2.05, 4.69) is 13.8 Å². The molecule has 0 aliphatic rings. The average Bonchev–Trinajstić information content (AvgIpc) is 2.35. The van der Waals surface area contributed by atoms with Crippen molar-refractivity contribution in [1.29, 1.82) is 0 Å². The molecule has 2 unspecified atom stereocenters. The molecule has 2 atom stereocenters. The highest BCUT2D eigenvalue weighted by molar-refractivity contribution is 5.23. The Balaban J connectivity index is 2.98. The summed E-state index contributed by atoms with van der Waals surface area (Å²) < 4.78 is 27.0. The molecule has 0 spiro atoms. The van der Waals surface area contributed by atoms with Gasteiger partial charge in [-0.05, 0) is 26.5 Å². The zero-order chi connectivity index (χ0) is 13.7. The van der Waals surface area contributed by atoms with Gasteiger partial charge in [-0.15, -0.1) is 0 Å². The summed E-state index contributed by atoms with van der Waals surface area (Å²) in [4.78, 5) is 2.02. The van der Waals surface area contributed by atoms with Crippen molar-refractivity contribution in [2.75, 3.05) is 13.6 Å². The van der Waals surface area contributed by atoms with Gasteiger partial charge in [-0.1, -0.05) is 25.5 Å². The Morgan fingerprint density at radius 3 is 2.56 bits per heavy atom. The zero-order valence-corrected chi connectivity index (χ0v) is 11.3. The molecular weight excluding hydrogens is 234 g/mol. The van der Waals surface area contributed by atoms with E-state index in [1.54, 1.807) is 6.07 Å². The largest absolute Gasteiger partial charge is 0.329 e. The van der Waals surface area contributed by atoms with Crippen LogP contribution in [0.1, 0.15) is 38.3 Å². The Morgan fingerprint density at radius 1 is 1.33 bits per heavy atom. The van der Waals surface area contributed by atoms with E-state index in [0.717, 1.165) is 18.9 Å². The molecule has 0 fully saturated rings. The number of benzene rings is 1. The van der Waals surface area contributed by atoms with Crippen LogP contribution < -0.4 is 5.73 Å². The quantitative estimate of drug-likeness (QED) is 0.847. The number of nitrogens with two attached hydrogens (primary N) is 1. The minimum absolute atomic E-state index is 0.269. The molecule has 0 aromatic heterocycles. The summed E-state index contributed by atoms with van der Waals surface area (Å²) in [6.45, 7) is 4.44. The first kappa shape index (κ1) is 15.1. The maximum atomic E-state index is 13.8. The average molecular weight is 256 g/mol. The molecule has 2 N–H and O–H groups in total. The number of hydrogen-bond donors (Lipinski definition) is 1. The van der Waals surface area contributed by atoms with E-state index < -0.39 is 11.6 Å². The lowest BCUT2D eigenvalue weighted by molar-refractivity contribution is 0.175. The predicted octanol–water partition coefficient (Wildman–Crippen LogP) is 3.09. The molecule has 0 aliphatic carbocycles. The third kappa shape index (κ3) is 3.27. The second kappa shape index (κ2) is 6.81. The minimum atomic E-state index is -0.817. The molecule has 18 heavy (non-hydrogen) atoms. The van der Waals surface area contributed by atoms with Gasteiger partial charge in [0.15, 0.2) is 11.6 Å². The van der Waals surface area contributed by atoms with Crippen LogP contribution in [0.3, 0.4) is 0 Å². The van der Waals surface area contributed by atoms with Crippen LogP contribution in [0.4, 0.5) is 8.78 Å². The summed E-state index contributed by atoms with van der Waals surface area (Å²) in [5.41, 5.74) is 6.06. The molecular formula is C14H22F2N2. The molecule has 0 aliphatic heterocycles. The van der Waals surface area contributed by atoms with Crippen LogP contribution in [-0.2, 0) is 0 Å². The normalized spacial score (nSPS) is 14.8. The maximum absolute atomic E-state index is 13.8. The van der Waals surface area contributed by atoms with Gasteiger partial charge >= 0.3 is 0 Å². The summed E-state index contributed by atoms with van der Waals surface area (Å²) in [6, 6.07) is 4.25. The van der Waals surface area contributed by atoms with Gasteiger partial charge in [0.1, 0.15) is 0 Å². The van der Waals surface area contributed by atoms with E-state index in [1.165, 1.54) is 6.07 Å². The monoisotopic (exact) mass is 256 g/mol. The smallest absolute Gasteiger partial charge is 0.163 e. The van der Waals surface area contributed by atoms with Crippen molar-refractivity contribution in [3.05, 3.63) is 35.4 Å². The molecule has 0 heterocycles. The highest BCUT2D eigenvalue weighted by Gasteiger charge is 2.23. The van der Waals surface area contributed by atoms with Crippen LogP contribution in [0.2, 0.25) is 0 Å².